The SMILES string of the molecule is CC(C)OC(=O)C1=C(C(=O)OC(C)C)OCO1. The van der Waals surface area contributed by atoms with Gasteiger partial charge in [-0.2, -0.15) is 0 Å². The number of rotatable bonds is 4. The van der Waals surface area contributed by atoms with E-state index in [4.69, 9.17) is 18.9 Å². The Labute approximate surface area is 99.5 Å². The molecule has 0 aromatic rings. The van der Waals surface area contributed by atoms with Gasteiger partial charge in [-0.15, -0.1) is 0 Å². The first-order valence-corrected chi connectivity index (χ1v) is 5.33. The topological polar surface area (TPSA) is 71.1 Å². The lowest BCUT2D eigenvalue weighted by Crippen LogP contribution is -2.19. The maximum absolute atomic E-state index is 11.6. The average molecular weight is 244 g/mol. The van der Waals surface area contributed by atoms with E-state index in [9.17, 15) is 9.59 Å². The van der Waals surface area contributed by atoms with Gasteiger partial charge in [-0.05, 0) is 27.7 Å². The zero-order valence-electron chi connectivity index (χ0n) is 10.3. The van der Waals surface area contributed by atoms with E-state index in [1.165, 1.54) is 0 Å². The van der Waals surface area contributed by atoms with Crippen molar-refractivity contribution >= 4 is 11.9 Å². The summed E-state index contributed by atoms with van der Waals surface area (Å²) in [6, 6.07) is 0. The summed E-state index contributed by atoms with van der Waals surface area (Å²) in [5, 5.41) is 0. The zero-order valence-corrected chi connectivity index (χ0v) is 10.3. The van der Waals surface area contributed by atoms with E-state index in [0.29, 0.717) is 0 Å². The highest BCUT2D eigenvalue weighted by Gasteiger charge is 2.33. The van der Waals surface area contributed by atoms with Crippen molar-refractivity contribution in [3.8, 4) is 0 Å². The van der Waals surface area contributed by atoms with Crippen LogP contribution in [0.2, 0.25) is 0 Å². The third kappa shape index (κ3) is 3.65. The highest BCUT2D eigenvalue weighted by molar-refractivity contribution is 5.98. The van der Waals surface area contributed by atoms with E-state index in [1.807, 2.05) is 0 Å². The van der Waals surface area contributed by atoms with Gasteiger partial charge in [0.1, 0.15) is 0 Å². The largest absolute Gasteiger partial charge is 0.457 e. The molecule has 0 amide bonds. The van der Waals surface area contributed by atoms with Crippen molar-refractivity contribution in [2.75, 3.05) is 6.79 Å². The van der Waals surface area contributed by atoms with E-state index in [-0.39, 0.29) is 30.5 Å². The Hall–Kier alpha value is -1.72. The summed E-state index contributed by atoms with van der Waals surface area (Å²) in [6.07, 6.45) is -0.608. The predicted octanol–water partition coefficient (Wildman–Crippen LogP) is 1.11. The molecule has 0 aromatic carbocycles. The van der Waals surface area contributed by atoms with Crippen LogP contribution >= 0.6 is 0 Å². The molecule has 0 bridgehead atoms. The van der Waals surface area contributed by atoms with Crippen molar-refractivity contribution in [2.45, 2.75) is 39.9 Å². The first-order valence-electron chi connectivity index (χ1n) is 5.33. The molecule has 0 aliphatic carbocycles. The molecule has 0 saturated heterocycles. The molecule has 96 valence electrons. The molecule has 0 spiro atoms. The summed E-state index contributed by atoms with van der Waals surface area (Å²) < 4.78 is 19.6. The molecule has 1 aliphatic rings. The molecule has 1 heterocycles. The highest BCUT2D eigenvalue weighted by atomic mass is 16.7. The van der Waals surface area contributed by atoms with Crippen molar-refractivity contribution in [3.63, 3.8) is 0 Å². The van der Waals surface area contributed by atoms with Gasteiger partial charge in [-0.3, -0.25) is 0 Å². The molecular formula is C11H16O6. The molecule has 17 heavy (non-hydrogen) atoms. The van der Waals surface area contributed by atoms with Gasteiger partial charge >= 0.3 is 11.9 Å². The number of hydrogen-bond donors (Lipinski definition) is 0. The normalized spacial score (nSPS) is 14.7. The third-order valence-corrected chi connectivity index (χ3v) is 1.67. The van der Waals surface area contributed by atoms with Crippen LogP contribution in [-0.4, -0.2) is 30.9 Å². The molecule has 0 fully saturated rings. The quantitative estimate of drug-likeness (QED) is 0.690. The first kappa shape index (κ1) is 13.3. The smallest absolute Gasteiger partial charge is 0.378 e. The molecule has 1 rings (SSSR count). The van der Waals surface area contributed by atoms with Gasteiger partial charge in [-0.25, -0.2) is 9.59 Å². The summed E-state index contributed by atoms with van der Waals surface area (Å²) in [5.41, 5.74) is 0. The van der Waals surface area contributed by atoms with Crippen molar-refractivity contribution in [3.05, 3.63) is 11.5 Å². The summed E-state index contributed by atoms with van der Waals surface area (Å²) in [7, 11) is 0. The molecule has 0 saturated carbocycles. The van der Waals surface area contributed by atoms with E-state index in [2.05, 4.69) is 0 Å². The summed E-state index contributed by atoms with van der Waals surface area (Å²) >= 11 is 0. The summed E-state index contributed by atoms with van der Waals surface area (Å²) in [4.78, 5) is 23.1. The van der Waals surface area contributed by atoms with Crippen molar-refractivity contribution < 1.29 is 28.5 Å². The molecule has 0 radical (unpaired) electrons. The Kier molecular flexibility index (Phi) is 4.37. The van der Waals surface area contributed by atoms with Crippen LogP contribution in [-0.2, 0) is 28.5 Å². The molecule has 0 aromatic heterocycles. The minimum Gasteiger partial charge on any atom is -0.457 e. The Bertz CT molecular complexity index is 310. The van der Waals surface area contributed by atoms with Crippen LogP contribution in [0.5, 0.6) is 0 Å². The molecule has 1 aliphatic heterocycles. The number of carbonyl (C=O) groups excluding carboxylic acids is 2. The zero-order chi connectivity index (χ0) is 13.0. The fourth-order valence-corrected chi connectivity index (χ4v) is 1.12. The third-order valence-electron chi connectivity index (χ3n) is 1.67. The van der Waals surface area contributed by atoms with Crippen LogP contribution in [0.3, 0.4) is 0 Å². The molecular weight excluding hydrogens is 228 g/mol. The van der Waals surface area contributed by atoms with Crippen molar-refractivity contribution in [1.82, 2.24) is 0 Å². The lowest BCUT2D eigenvalue weighted by molar-refractivity contribution is -0.148. The molecule has 6 nitrogen and oxygen atoms in total. The number of carbonyl (C=O) groups is 2. The van der Waals surface area contributed by atoms with Crippen LogP contribution < -0.4 is 0 Å². The van der Waals surface area contributed by atoms with Gasteiger partial charge in [0.05, 0.1) is 12.2 Å². The monoisotopic (exact) mass is 244 g/mol. The van der Waals surface area contributed by atoms with E-state index < -0.39 is 11.9 Å². The minimum absolute atomic E-state index is 0.189. The van der Waals surface area contributed by atoms with Crippen LogP contribution in [0, 0.1) is 0 Å². The number of ether oxygens (including phenoxy) is 4. The Morgan fingerprint density at radius 3 is 1.59 bits per heavy atom. The fraction of sp³-hybridized carbons (Fsp3) is 0.636. The second-order valence-corrected chi connectivity index (χ2v) is 3.97. The average Bonchev–Trinajstić information content (AvgIpc) is 2.63. The Balaban J connectivity index is 2.79. The van der Waals surface area contributed by atoms with E-state index in [0.717, 1.165) is 0 Å². The standard InChI is InChI=1S/C11H16O6/c1-6(2)16-10(12)8-9(15-5-14-8)11(13)17-7(3)4/h6-7H,5H2,1-4H3. The molecule has 0 atom stereocenters. The fourth-order valence-electron chi connectivity index (χ4n) is 1.12. The van der Waals surface area contributed by atoms with Gasteiger partial charge in [0.2, 0.25) is 6.79 Å². The minimum atomic E-state index is -0.729. The van der Waals surface area contributed by atoms with Crippen LogP contribution in [0.4, 0.5) is 0 Å². The van der Waals surface area contributed by atoms with Crippen LogP contribution in [0.1, 0.15) is 27.7 Å². The number of esters is 2. The van der Waals surface area contributed by atoms with Gasteiger partial charge in [-0.1, -0.05) is 0 Å². The van der Waals surface area contributed by atoms with Crippen LogP contribution in [0.25, 0.3) is 0 Å². The lowest BCUT2D eigenvalue weighted by Gasteiger charge is -2.09. The second kappa shape index (κ2) is 5.56. The molecule has 0 unspecified atom stereocenters. The van der Waals surface area contributed by atoms with Crippen molar-refractivity contribution in [1.29, 1.82) is 0 Å². The first-order chi connectivity index (χ1) is 7.91. The van der Waals surface area contributed by atoms with Gasteiger partial charge in [0, 0.05) is 0 Å². The van der Waals surface area contributed by atoms with Crippen molar-refractivity contribution in [2.24, 2.45) is 0 Å². The van der Waals surface area contributed by atoms with E-state index >= 15 is 0 Å². The molecule has 6 heteroatoms. The lowest BCUT2D eigenvalue weighted by atomic mass is 10.3. The van der Waals surface area contributed by atoms with Gasteiger partial charge in [0.15, 0.2) is 0 Å². The van der Waals surface area contributed by atoms with Gasteiger partial charge in [0.25, 0.3) is 11.5 Å². The Morgan fingerprint density at radius 2 is 1.29 bits per heavy atom. The van der Waals surface area contributed by atoms with E-state index in [1.54, 1.807) is 27.7 Å². The maximum Gasteiger partial charge on any atom is 0.378 e. The van der Waals surface area contributed by atoms with Crippen LogP contribution in [0.15, 0.2) is 11.5 Å². The predicted molar refractivity (Wildman–Crippen MR) is 56.5 cm³/mol. The van der Waals surface area contributed by atoms with Gasteiger partial charge < -0.3 is 18.9 Å². The molecule has 0 N–H and O–H groups in total. The Morgan fingerprint density at radius 1 is 0.941 bits per heavy atom. The summed E-state index contributed by atoms with van der Waals surface area (Å²) in [6.45, 7) is 6.59. The number of hydrogen-bond acceptors (Lipinski definition) is 6. The summed E-state index contributed by atoms with van der Waals surface area (Å²) in [5.74, 6) is -1.92. The second-order valence-electron chi connectivity index (χ2n) is 3.97. The maximum atomic E-state index is 11.6. The highest BCUT2D eigenvalue weighted by Crippen LogP contribution is 2.20.